The molecule has 1 N–H and O–H groups in total. The second-order valence-corrected chi connectivity index (χ2v) is 6.01. The van der Waals surface area contributed by atoms with Crippen LogP contribution < -0.4 is 4.74 Å². The lowest BCUT2D eigenvalue weighted by molar-refractivity contribution is -0.386. The molecule has 0 spiro atoms. The smallest absolute Gasteiger partial charge is 0.341 e. The largest absolute Gasteiger partial charge is 0.479 e. The minimum atomic E-state index is -3.82. The number of benzene rings is 1. The van der Waals surface area contributed by atoms with E-state index >= 15 is 0 Å². The SMILES string of the molecule is CN(C)S(=O)(=O)c1ccc(OCC(=O)O)c([N+](=O)[O-])c1. The number of aliphatic carboxylic acids is 1. The molecule has 0 radical (unpaired) electrons. The van der Waals surface area contributed by atoms with Gasteiger partial charge in [-0.25, -0.2) is 17.5 Å². The predicted molar refractivity (Wildman–Crippen MR) is 67.1 cm³/mol. The van der Waals surface area contributed by atoms with Crippen molar-refractivity contribution in [2.45, 2.75) is 4.90 Å². The fourth-order valence-corrected chi connectivity index (χ4v) is 2.19. The minimum Gasteiger partial charge on any atom is -0.479 e. The van der Waals surface area contributed by atoms with Crippen molar-refractivity contribution in [3.05, 3.63) is 28.3 Å². The molecule has 0 aromatic heterocycles. The van der Waals surface area contributed by atoms with Crippen LogP contribution in [-0.4, -0.2) is 49.4 Å². The molecule has 1 aromatic carbocycles. The fraction of sp³-hybridized carbons (Fsp3) is 0.300. The summed E-state index contributed by atoms with van der Waals surface area (Å²) in [6, 6.07) is 2.99. The van der Waals surface area contributed by atoms with Gasteiger partial charge in [-0.15, -0.1) is 0 Å². The Balaban J connectivity index is 3.27. The third-order valence-electron chi connectivity index (χ3n) is 2.26. The predicted octanol–water partition coefficient (Wildman–Crippen LogP) is 0.309. The van der Waals surface area contributed by atoms with E-state index < -0.39 is 33.2 Å². The molecule has 9 nitrogen and oxygen atoms in total. The first-order valence-electron chi connectivity index (χ1n) is 5.22. The van der Waals surface area contributed by atoms with Crippen molar-refractivity contribution in [3.63, 3.8) is 0 Å². The molecular formula is C10H12N2O7S. The van der Waals surface area contributed by atoms with Crippen LogP contribution in [0.25, 0.3) is 0 Å². The molecule has 0 atom stereocenters. The van der Waals surface area contributed by atoms with E-state index in [1.165, 1.54) is 14.1 Å². The van der Waals surface area contributed by atoms with Gasteiger partial charge in [0.1, 0.15) is 0 Å². The standard InChI is InChI=1S/C10H12N2O7S/c1-11(2)20(17,18)7-3-4-9(19-6-10(13)14)8(5-7)12(15)16/h3-5H,6H2,1-2H3,(H,13,14). The van der Waals surface area contributed by atoms with Gasteiger partial charge in [0.25, 0.3) is 0 Å². The van der Waals surface area contributed by atoms with Crippen molar-refractivity contribution in [2.75, 3.05) is 20.7 Å². The summed E-state index contributed by atoms with van der Waals surface area (Å²) in [5.74, 6) is -1.61. The Hall–Kier alpha value is -2.20. The zero-order valence-corrected chi connectivity index (χ0v) is 11.5. The van der Waals surface area contributed by atoms with E-state index in [1.54, 1.807) is 0 Å². The second kappa shape index (κ2) is 5.84. The van der Waals surface area contributed by atoms with Crippen LogP contribution in [-0.2, 0) is 14.8 Å². The van der Waals surface area contributed by atoms with Crippen molar-refractivity contribution in [3.8, 4) is 5.75 Å². The summed E-state index contributed by atoms with van der Waals surface area (Å²) in [6.45, 7) is -0.763. The zero-order chi connectivity index (χ0) is 15.5. The van der Waals surface area contributed by atoms with Crippen LogP contribution >= 0.6 is 0 Å². The number of carboxylic acid groups (broad SMARTS) is 1. The maximum Gasteiger partial charge on any atom is 0.341 e. The zero-order valence-electron chi connectivity index (χ0n) is 10.6. The van der Waals surface area contributed by atoms with E-state index in [0.717, 1.165) is 22.5 Å². The van der Waals surface area contributed by atoms with E-state index in [-0.39, 0.29) is 10.6 Å². The normalized spacial score (nSPS) is 11.3. The Morgan fingerprint density at radius 2 is 2.05 bits per heavy atom. The Bertz CT molecular complexity index is 639. The molecule has 0 saturated carbocycles. The lowest BCUT2D eigenvalue weighted by Crippen LogP contribution is -2.22. The number of carboxylic acids is 1. The molecule has 0 bridgehead atoms. The molecule has 0 aliphatic carbocycles. The minimum absolute atomic E-state index is 0.281. The van der Waals surface area contributed by atoms with Crippen molar-refractivity contribution in [2.24, 2.45) is 0 Å². The van der Waals surface area contributed by atoms with Gasteiger partial charge < -0.3 is 9.84 Å². The number of hydrogen-bond donors (Lipinski definition) is 1. The van der Waals surface area contributed by atoms with Crippen LogP contribution in [0.15, 0.2) is 23.1 Å². The molecule has 0 aliphatic heterocycles. The van der Waals surface area contributed by atoms with E-state index in [9.17, 15) is 23.3 Å². The van der Waals surface area contributed by atoms with Gasteiger partial charge in [0, 0.05) is 20.2 Å². The molecule has 20 heavy (non-hydrogen) atoms. The first-order chi connectivity index (χ1) is 9.16. The maximum absolute atomic E-state index is 11.9. The van der Waals surface area contributed by atoms with E-state index in [2.05, 4.69) is 0 Å². The van der Waals surface area contributed by atoms with Crippen LogP contribution in [0.3, 0.4) is 0 Å². The van der Waals surface area contributed by atoms with Crippen LogP contribution in [0.1, 0.15) is 0 Å². The monoisotopic (exact) mass is 304 g/mol. The third kappa shape index (κ3) is 3.42. The van der Waals surface area contributed by atoms with Crippen LogP contribution in [0.4, 0.5) is 5.69 Å². The number of rotatable bonds is 6. The number of nitrogens with zero attached hydrogens (tertiary/aromatic N) is 2. The number of hydrogen-bond acceptors (Lipinski definition) is 6. The van der Waals surface area contributed by atoms with Gasteiger partial charge >= 0.3 is 11.7 Å². The van der Waals surface area contributed by atoms with Gasteiger partial charge in [0.15, 0.2) is 12.4 Å². The van der Waals surface area contributed by atoms with Crippen LogP contribution in [0.5, 0.6) is 5.75 Å². The number of sulfonamides is 1. The summed E-state index contributed by atoms with van der Waals surface area (Å²) in [5.41, 5.74) is -0.617. The number of ether oxygens (including phenoxy) is 1. The quantitative estimate of drug-likeness (QED) is 0.591. The van der Waals surface area contributed by atoms with Crippen molar-refractivity contribution in [1.29, 1.82) is 0 Å². The third-order valence-corrected chi connectivity index (χ3v) is 4.07. The van der Waals surface area contributed by atoms with Crippen LogP contribution in [0, 0.1) is 10.1 Å². The van der Waals surface area contributed by atoms with Crippen molar-refractivity contribution < 1.29 is 28.0 Å². The van der Waals surface area contributed by atoms with E-state index in [1.807, 2.05) is 0 Å². The lowest BCUT2D eigenvalue weighted by Gasteiger charge is -2.12. The van der Waals surface area contributed by atoms with Gasteiger partial charge in [-0.05, 0) is 12.1 Å². The second-order valence-electron chi connectivity index (χ2n) is 3.86. The molecule has 10 heteroatoms. The Kier molecular flexibility index (Phi) is 4.63. The molecule has 0 saturated heterocycles. The van der Waals surface area contributed by atoms with Gasteiger partial charge in [-0.3, -0.25) is 10.1 Å². The highest BCUT2D eigenvalue weighted by Crippen LogP contribution is 2.30. The topological polar surface area (TPSA) is 127 Å². The Morgan fingerprint density at radius 3 is 2.50 bits per heavy atom. The number of nitro benzene ring substituents is 1. The molecule has 0 fully saturated rings. The summed E-state index contributed by atoms with van der Waals surface area (Å²) in [6.07, 6.45) is 0. The first kappa shape index (κ1) is 15.9. The summed E-state index contributed by atoms with van der Waals surface area (Å²) in [7, 11) is -1.25. The van der Waals surface area contributed by atoms with Crippen molar-refractivity contribution >= 4 is 21.7 Å². The molecule has 1 rings (SSSR count). The molecule has 0 aliphatic rings. The van der Waals surface area contributed by atoms with Gasteiger partial charge in [0.2, 0.25) is 10.0 Å². The number of nitro groups is 1. The van der Waals surface area contributed by atoms with Gasteiger partial charge in [0.05, 0.1) is 9.82 Å². The Labute approximate surface area is 114 Å². The summed E-state index contributed by atoms with van der Waals surface area (Å²) >= 11 is 0. The highest BCUT2D eigenvalue weighted by Gasteiger charge is 2.24. The first-order valence-corrected chi connectivity index (χ1v) is 6.66. The highest BCUT2D eigenvalue weighted by molar-refractivity contribution is 7.89. The maximum atomic E-state index is 11.9. The molecule has 110 valence electrons. The van der Waals surface area contributed by atoms with Crippen molar-refractivity contribution in [1.82, 2.24) is 4.31 Å². The molecule has 0 heterocycles. The van der Waals surface area contributed by atoms with Gasteiger partial charge in [-0.2, -0.15) is 0 Å². The molecule has 1 aromatic rings. The molecular weight excluding hydrogens is 292 g/mol. The fourth-order valence-electron chi connectivity index (χ4n) is 1.27. The highest BCUT2D eigenvalue weighted by atomic mass is 32.2. The number of carbonyl (C=O) groups is 1. The average Bonchev–Trinajstić information content (AvgIpc) is 2.35. The van der Waals surface area contributed by atoms with E-state index in [4.69, 9.17) is 9.84 Å². The summed E-state index contributed by atoms with van der Waals surface area (Å²) in [5, 5.41) is 19.3. The van der Waals surface area contributed by atoms with E-state index in [0.29, 0.717) is 0 Å². The Morgan fingerprint density at radius 1 is 1.45 bits per heavy atom. The summed E-state index contributed by atoms with van der Waals surface area (Å²) < 4.78 is 29.4. The van der Waals surface area contributed by atoms with Gasteiger partial charge in [-0.1, -0.05) is 0 Å². The average molecular weight is 304 g/mol. The molecule has 0 amide bonds. The molecule has 0 unspecified atom stereocenters. The lowest BCUT2D eigenvalue weighted by atomic mass is 10.3. The van der Waals surface area contributed by atoms with Crippen LogP contribution in [0.2, 0.25) is 0 Å². The summed E-state index contributed by atoms with van der Waals surface area (Å²) in [4.78, 5) is 20.1.